The van der Waals surface area contributed by atoms with Crippen LogP contribution < -0.4 is 5.32 Å². The minimum absolute atomic E-state index is 0.919. The van der Waals surface area contributed by atoms with E-state index >= 15 is 0 Å². The van der Waals surface area contributed by atoms with Crippen LogP contribution in [0.4, 0.5) is 5.69 Å². The third kappa shape index (κ3) is 3.55. The number of para-hydroxylation sites is 1. The van der Waals surface area contributed by atoms with Gasteiger partial charge in [-0.1, -0.05) is 50.8 Å². The first-order valence-corrected chi connectivity index (χ1v) is 8.32. The van der Waals surface area contributed by atoms with Gasteiger partial charge in [0, 0.05) is 23.3 Å². The molecule has 0 saturated heterocycles. The summed E-state index contributed by atoms with van der Waals surface area (Å²) >= 11 is 0. The fourth-order valence-corrected chi connectivity index (χ4v) is 3.48. The van der Waals surface area contributed by atoms with Crippen molar-refractivity contribution < 1.29 is 0 Å². The average molecular weight is 282 g/mol. The SMILES string of the molecule is Cc1cc(NCCC2CCC(C)CC2)c2ccccc2n1. The zero-order valence-corrected chi connectivity index (χ0v) is 13.2. The van der Waals surface area contributed by atoms with Crippen molar-refractivity contribution in [2.75, 3.05) is 11.9 Å². The second-order valence-electron chi connectivity index (χ2n) is 6.67. The van der Waals surface area contributed by atoms with Crippen LogP contribution in [0, 0.1) is 18.8 Å². The van der Waals surface area contributed by atoms with Crippen molar-refractivity contribution in [3.63, 3.8) is 0 Å². The smallest absolute Gasteiger partial charge is 0.0725 e. The van der Waals surface area contributed by atoms with Crippen LogP contribution in [0.25, 0.3) is 10.9 Å². The number of aromatic nitrogens is 1. The van der Waals surface area contributed by atoms with Gasteiger partial charge >= 0.3 is 0 Å². The largest absolute Gasteiger partial charge is 0.384 e. The summed E-state index contributed by atoms with van der Waals surface area (Å²) in [5.74, 6) is 1.86. The number of aryl methyl sites for hydroxylation is 1. The Morgan fingerprint density at radius 3 is 2.71 bits per heavy atom. The topological polar surface area (TPSA) is 24.9 Å². The summed E-state index contributed by atoms with van der Waals surface area (Å²) in [4.78, 5) is 4.60. The van der Waals surface area contributed by atoms with E-state index in [1.807, 2.05) is 0 Å². The number of benzene rings is 1. The van der Waals surface area contributed by atoms with Gasteiger partial charge in [-0.05, 0) is 37.3 Å². The third-order valence-corrected chi connectivity index (χ3v) is 4.85. The maximum atomic E-state index is 4.60. The van der Waals surface area contributed by atoms with Gasteiger partial charge in [-0.2, -0.15) is 0 Å². The van der Waals surface area contributed by atoms with Gasteiger partial charge in [0.15, 0.2) is 0 Å². The zero-order chi connectivity index (χ0) is 14.7. The molecule has 1 heterocycles. The predicted molar refractivity (Wildman–Crippen MR) is 90.7 cm³/mol. The summed E-state index contributed by atoms with van der Waals surface area (Å²) in [6.07, 6.45) is 6.96. The summed E-state index contributed by atoms with van der Waals surface area (Å²) in [6.45, 7) is 5.53. The number of hydrogen-bond acceptors (Lipinski definition) is 2. The second-order valence-corrected chi connectivity index (χ2v) is 6.67. The molecule has 2 aromatic rings. The Morgan fingerprint density at radius 2 is 1.90 bits per heavy atom. The van der Waals surface area contributed by atoms with Crippen LogP contribution in [0.15, 0.2) is 30.3 Å². The molecule has 3 rings (SSSR count). The van der Waals surface area contributed by atoms with Crippen LogP contribution in [0.1, 0.15) is 44.7 Å². The van der Waals surface area contributed by atoms with Crippen molar-refractivity contribution in [2.24, 2.45) is 11.8 Å². The first kappa shape index (κ1) is 14.4. The first-order valence-electron chi connectivity index (χ1n) is 8.32. The minimum atomic E-state index is 0.919. The predicted octanol–water partition coefficient (Wildman–Crippen LogP) is 5.17. The molecule has 1 aromatic carbocycles. The normalized spacial score (nSPS) is 22.4. The van der Waals surface area contributed by atoms with E-state index in [1.165, 1.54) is 43.2 Å². The van der Waals surface area contributed by atoms with Crippen LogP contribution in [-0.4, -0.2) is 11.5 Å². The molecule has 112 valence electrons. The molecule has 21 heavy (non-hydrogen) atoms. The highest BCUT2D eigenvalue weighted by atomic mass is 14.9. The lowest BCUT2D eigenvalue weighted by Gasteiger charge is -2.26. The number of hydrogen-bond donors (Lipinski definition) is 1. The highest BCUT2D eigenvalue weighted by molar-refractivity contribution is 5.91. The van der Waals surface area contributed by atoms with Crippen molar-refractivity contribution >= 4 is 16.6 Å². The Bertz CT molecular complexity index is 598. The number of fused-ring (bicyclic) bond motifs is 1. The molecule has 1 aromatic heterocycles. The summed E-state index contributed by atoms with van der Waals surface area (Å²) in [5, 5.41) is 4.88. The number of pyridine rings is 1. The van der Waals surface area contributed by atoms with E-state index in [1.54, 1.807) is 0 Å². The van der Waals surface area contributed by atoms with Crippen LogP contribution in [-0.2, 0) is 0 Å². The number of anilines is 1. The van der Waals surface area contributed by atoms with E-state index in [0.717, 1.165) is 29.6 Å². The molecule has 0 bridgehead atoms. The average Bonchev–Trinajstić information content (AvgIpc) is 2.49. The number of nitrogens with zero attached hydrogens (tertiary/aromatic N) is 1. The Balaban J connectivity index is 1.63. The van der Waals surface area contributed by atoms with Gasteiger partial charge in [-0.15, -0.1) is 0 Å². The minimum Gasteiger partial charge on any atom is -0.384 e. The lowest BCUT2D eigenvalue weighted by atomic mass is 9.81. The van der Waals surface area contributed by atoms with E-state index in [4.69, 9.17) is 0 Å². The molecular weight excluding hydrogens is 256 g/mol. The first-order chi connectivity index (χ1) is 10.2. The molecule has 0 atom stereocenters. The Morgan fingerprint density at radius 1 is 1.14 bits per heavy atom. The van der Waals surface area contributed by atoms with Gasteiger partial charge in [0.1, 0.15) is 0 Å². The zero-order valence-electron chi connectivity index (χ0n) is 13.2. The Kier molecular flexibility index (Phi) is 4.42. The van der Waals surface area contributed by atoms with Gasteiger partial charge in [-0.25, -0.2) is 0 Å². The lowest BCUT2D eigenvalue weighted by Crippen LogP contribution is -2.16. The molecule has 0 aliphatic heterocycles. The summed E-state index contributed by atoms with van der Waals surface area (Å²) < 4.78 is 0. The van der Waals surface area contributed by atoms with Gasteiger partial charge in [0.25, 0.3) is 0 Å². The molecule has 1 N–H and O–H groups in total. The van der Waals surface area contributed by atoms with Gasteiger partial charge in [0.2, 0.25) is 0 Å². The molecule has 1 fully saturated rings. The van der Waals surface area contributed by atoms with E-state index in [0.29, 0.717) is 0 Å². The molecular formula is C19H26N2. The molecule has 0 unspecified atom stereocenters. The maximum Gasteiger partial charge on any atom is 0.0725 e. The Hall–Kier alpha value is -1.57. The summed E-state index contributed by atoms with van der Waals surface area (Å²) in [5.41, 5.74) is 3.41. The van der Waals surface area contributed by atoms with Crippen molar-refractivity contribution in [1.82, 2.24) is 4.98 Å². The second kappa shape index (κ2) is 6.46. The van der Waals surface area contributed by atoms with Crippen LogP contribution in [0.2, 0.25) is 0 Å². The fourth-order valence-electron chi connectivity index (χ4n) is 3.48. The molecule has 0 radical (unpaired) electrons. The van der Waals surface area contributed by atoms with Crippen molar-refractivity contribution in [3.05, 3.63) is 36.0 Å². The number of nitrogens with one attached hydrogen (secondary N) is 1. The molecule has 0 spiro atoms. The van der Waals surface area contributed by atoms with Crippen molar-refractivity contribution in [3.8, 4) is 0 Å². The quantitative estimate of drug-likeness (QED) is 0.836. The van der Waals surface area contributed by atoms with E-state index in [9.17, 15) is 0 Å². The van der Waals surface area contributed by atoms with Gasteiger partial charge in [-0.3, -0.25) is 4.98 Å². The van der Waals surface area contributed by atoms with Crippen molar-refractivity contribution in [2.45, 2.75) is 46.0 Å². The molecule has 2 heteroatoms. The van der Waals surface area contributed by atoms with E-state index in [-0.39, 0.29) is 0 Å². The standard InChI is InChI=1S/C19H26N2/c1-14-7-9-16(10-8-14)11-12-20-19-13-15(2)21-18-6-4-3-5-17(18)19/h3-6,13-14,16H,7-12H2,1-2H3,(H,20,21). The Labute approximate surface area is 128 Å². The maximum absolute atomic E-state index is 4.60. The molecule has 1 aliphatic carbocycles. The molecule has 1 aliphatic rings. The van der Waals surface area contributed by atoms with Crippen molar-refractivity contribution in [1.29, 1.82) is 0 Å². The molecule has 0 amide bonds. The molecule has 2 nitrogen and oxygen atoms in total. The van der Waals surface area contributed by atoms with Crippen LogP contribution in [0.5, 0.6) is 0 Å². The summed E-state index contributed by atoms with van der Waals surface area (Å²) in [6, 6.07) is 10.6. The van der Waals surface area contributed by atoms with Crippen LogP contribution >= 0.6 is 0 Å². The van der Waals surface area contributed by atoms with Gasteiger partial charge < -0.3 is 5.32 Å². The highest BCUT2D eigenvalue weighted by Crippen LogP contribution is 2.30. The van der Waals surface area contributed by atoms with Gasteiger partial charge in [0.05, 0.1) is 5.52 Å². The third-order valence-electron chi connectivity index (χ3n) is 4.85. The fraction of sp³-hybridized carbons (Fsp3) is 0.526. The van der Waals surface area contributed by atoms with E-state index in [2.05, 4.69) is 54.5 Å². The highest BCUT2D eigenvalue weighted by Gasteiger charge is 2.17. The van der Waals surface area contributed by atoms with Crippen LogP contribution in [0.3, 0.4) is 0 Å². The summed E-state index contributed by atoms with van der Waals surface area (Å²) in [7, 11) is 0. The monoisotopic (exact) mass is 282 g/mol. The lowest BCUT2D eigenvalue weighted by molar-refractivity contribution is 0.282. The molecule has 1 saturated carbocycles. The van der Waals surface area contributed by atoms with E-state index < -0.39 is 0 Å². The number of rotatable bonds is 4.